The average molecular weight is 483 g/mol. The first-order valence-corrected chi connectivity index (χ1v) is 11.9. The minimum absolute atomic E-state index is 0.225. The van der Waals surface area contributed by atoms with Gasteiger partial charge in [0.1, 0.15) is 24.0 Å². The summed E-state index contributed by atoms with van der Waals surface area (Å²) in [6.07, 6.45) is 0.837. The molecular formula is C25H27FN4O5. The molecule has 35 heavy (non-hydrogen) atoms. The Labute approximate surface area is 201 Å². The van der Waals surface area contributed by atoms with Crippen molar-refractivity contribution < 1.29 is 28.5 Å². The first-order chi connectivity index (χ1) is 17.1. The van der Waals surface area contributed by atoms with Crippen molar-refractivity contribution >= 4 is 23.1 Å². The largest absolute Gasteiger partial charge is 0.470 e. The minimum atomic E-state index is -0.646. The van der Waals surface area contributed by atoms with E-state index in [0.29, 0.717) is 29.1 Å². The number of nitrogens with one attached hydrogen (secondary N) is 2. The van der Waals surface area contributed by atoms with Crippen LogP contribution in [-0.4, -0.2) is 78.2 Å². The van der Waals surface area contributed by atoms with Crippen LogP contribution >= 0.6 is 0 Å². The van der Waals surface area contributed by atoms with Crippen LogP contribution in [0.5, 0.6) is 5.88 Å². The van der Waals surface area contributed by atoms with E-state index in [1.165, 1.54) is 6.07 Å². The van der Waals surface area contributed by atoms with Crippen LogP contribution in [0, 0.1) is 5.82 Å². The molecular weight excluding hydrogens is 455 g/mol. The van der Waals surface area contributed by atoms with Gasteiger partial charge in [0.2, 0.25) is 6.41 Å². The van der Waals surface area contributed by atoms with Gasteiger partial charge < -0.3 is 34.5 Å². The number of carbonyl (C=O) groups is 1. The SMILES string of the molecule is O=CNC1CCN(c2ccc(-c3nc4cc(OC5CO[C@@H]6C(O)CO[C@H]56)[nH]c4cc3F)cc2)CC1. The zero-order chi connectivity index (χ0) is 23.9. The Morgan fingerprint density at radius 3 is 2.69 bits per heavy atom. The number of anilines is 1. The van der Waals surface area contributed by atoms with Crippen molar-refractivity contribution in [3.8, 4) is 17.1 Å². The highest BCUT2D eigenvalue weighted by Gasteiger charge is 2.48. The number of halogens is 1. The van der Waals surface area contributed by atoms with Crippen molar-refractivity contribution in [1.82, 2.24) is 15.3 Å². The fraction of sp³-hybridized carbons (Fsp3) is 0.440. The molecule has 4 atom stereocenters. The van der Waals surface area contributed by atoms with Gasteiger partial charge in [-0.1, -0.05) is 12.1 Å². The highest BCUT2D eigenvalue weighted by atomic mass is 19.1. The number of benzene rings is 1. The minimum Gasteiger partial charge on any atom is -0.470 e. The van der Waals surface area contributed by atoms with Gasteiger partial charge in [-0.2, -0.15) is 0 Å². The molecule has 10 heteroatoms. The van der Waals surface area contributed by atoms with E-state index in [0.717, 1.165) is 38.0 Å². The van der Waals surface area contributed by atoms with E-state index in [4.69, 9.17) is 14.2 Å². The van der Waals surface area contributed by atoms with E-state index in [9.17, 15) is 14.3 Å². The van der Waals surface area contributed by atoms with Crippen LogP contribution in [0.1, 0.15) is 12.8 Å². The molecule has 184 valence electrons. The Morgan fingerprint density at radius 2 is 1.91 bits per heavy atom. The van der Waals surface area contributed by atoms with Crippen LogP contribution in [0.15, 0.2) is 36.4 Å². The third-order valence-corrected chi connectivity index (χ3v) is 7.10. The summed E-state index contributed by atoms with van der Waals surface area (Å²) in [6.45, 7) is 2.25. The van der Waals surface area contributed by atoms with E-state index in [2.05, 4.69) is 20.2 Å². The van der Waals surface area contributed by atoms with Crippen LogP contribution in [-0.2, 0) is 14.3 Å². The molecule has 3 aromatic rings. The molecule has 3 fully saturated rings. The number of carbonyl (C=O) groups excluding carboxylic acids is 1. The molecule has 0 radical (unpaired) electrons. The quantitative estimate of drug-likeness (QED) is 0.461. The molecule has 1 aromatic carbocycles. The molecule has 0 saturated carbocycles. The third kappa shape index (κ3) is 4.22. The summed E-state index contributed by atoms with van der Waals surface area (Å²) in [4.78, 5) is 20.5. The van der Waals surface area contributed by atoms with Crippen molar-refractivity contribution in [1.29, 1.82) is 0 Å². The van der Waals surface area contributed by atoms with Gasteiger partial charge in [0.25, 0.3) is 0 Å². The number of piperidine rings is 1. The maximum absolute atomic E-state index is 15.0. The van der Waals surface area contributed by atoms with Crippen LogP contribution in [0.4, 0.5) is 10.1 Å². The number of fused-ring (bicyclic) bond motifs is 2. The van der Waals surface area contributed by atoms with Gasteiger partial charge in [-0.05, 0) is 25.0 Å². The Balaban J connectivity index is 1.17. The molecule has 3 aliphatic rings. The lowest BCUT2D eigenvalue weighted by Crippen LogP contribution is -2.42. The van der Waals surface area contributed by atoms with Crippen molar-refractivity contribution in [2.45, 2.75) is 43.3 Å². The van der Waals surface area contributed by atoms with Crippen LogP contribution in [0.3, 0.4) is 0 Å². The Bertz CT molecular complexity index is 1210. The molecule has 1 amide bonds. The van der Waals surface area contributed by atoms with E-state index in [1.807, 2.05) is 24.3 Å². The number of hydrogen-bond acceptors (Lipinski definition) is 7. The fourth-order valence-corrected chi connectivity index (χ4v) is 5.21. The lowest BCUT2D eigenvalue weighted by atomic mass is 10.0. The molecule has 3 saturated heterocycles. The zero-order valence-corrected chi connectivity index (χ0v) is 19.0. The number of hydrogen-bond donors (Lipinski definition) is 3. The maximum Gasteiger partial charge on any atom is 0.207 e. The van der Waals surface area contributed by atoms with Gasteiger partial charge >= 0.3 is 0 Å². The van der Waals surface area contributed by atoms with E-state index < -0.39 is 11.9 Å². The lowest BCUT2D eigenvalue weighted by molar-refractivity contribution is -0.110. The van der Waals surface area contributed by atoms with Gasteiger partial charge in [0.05, 0.1) is 24.2 Å². The topological polar surface area (TPSA) is 109 Å². The molecule has 3 N–H and O–H groups in total. The van der Waals surface area contributed by atoms with Gasteiger partial charge in [0, 0.05) is 42.5 Å². The fourth-order valence-electron chi connectivity index (χ4n) is 5.21. The predicted octanol–water partition coefficient (Wildman–Crippen LogP) is 1.99. The van der Waals surface area contributed by atoms with Crippen molar-refractivity contribution in [2.75, 3.05) is 31.2 Å². The monoisotopic (exact) mass is 482 g/mol. The normalized spacial score (nSPS) is 26.7. The van der Waals surface area contributed by atoms with Crippen molar-refractivity contribution in [2.24, 2.45) is 0 Å². The van der Waals surface area contributed by atoms with Crippen LogP contribution in [0.25, 0.3) is 22.3 Å². The smallest absolute Gasteiger partial charge is 0.207 e. The summed E-state index contributed by atoms with van der Waals surface area (Å²) in [5.74, 6) is 0.0250. The number of aliphatic hydroxyl groups is 1. The zero-order valence-electron chi connectivity index (χ0n) is 19.0. The molecule has 3 aliphatic heterocycles. The second-order valence-electron chi connectivity index (χ2n) is 9.30. The highest BCUT2D eigenvalue weighted by molar-refractivity contribution is 5.81. The summed E-state index contributed by atoms with van der Waals surface area (Å²) in [7, 11) is 0. The summed E-state index contributed by atoms with van der Waals surface area (Å²) in [5.41, 5.74) is 3.15. The molecule has 0 spiro atoms. The molecule has 0 bridgehead atoms. The van der Waals surface area contributed by atoms with Crippen LogP contribution < -0.4 is 15.0 Å². The number of ether oxygens (including phenoxy) is 3. The average Bonchev–Trinajstić information content (AvgIpc) is 3.56. The Morgan fingerprint density at radius 1 is 1.14 bits per heavy atom. The van der Waals surface area contributed by atoms with E-state index in [-0.39, 0.29) is 36.7 Å². The first kappa shape index (κ1) is 22.3. The lowest BCUT2D eigenvalue weighted by Gasteiger charge is -2.33. The summed E-state index contributed by atoms with van der Waals surface area (Å²) >= 11 is 0. The number of aromatic nitrogens is 2. The predicted molar refractivity (Wildman–Crippen MR) is 126 cm³/mol. The van der Waals surface area contributed by atoms with Crippen molar-refractivity contribution in [3.05, 3.63) is 42.2 Å². The van der Waals surface area contributed by atoms with Gasteiger partial charge in [0.15, 0.2) is 17.8 Å². The Hall–Kier alpha value is -3.21. The summed E-state index contributed by atoms with van der Waals surface area (Å²) in [6, 6.07) is 11.1. The molecule has 9 nitrogen and oxygen atoms in total. The molecule has 5 heterocycles. The van der Waals surface area contributed by atoms with E-state index in [1.54, 1.807) is 6.07 Å². The second kappa shape index (κ2) is 9.10. The number of nitrogens with zero attached hydrogens (tertiary/aromatic N) is 2. The highest BCUT2D eigenvalue weighted by Crippen LogP contribution is 2.32. The van der Waals surface area contributed by atoms with Gasteiger partial charge in [-0.25, -0.2) is 9.37 Å². The standard InChI is InChI=1S/C25H27FN4O5/c26-17-9-18-19(10-22(28-18)35-21-12-34-24-20(32)11-33-25(21)24)29-23(17)14-1-3-16(4-2-14)30-7-5-15(6-8-30)27-13-31/h1-4,9-10,13,15,20-21,24-25,28,32H,5-8,11-12H2,(H,27,31)/t20?,21?,24-,25-/m1/s1. The molecule has 0 aliphatic carbocycles. The number of amides is 1. The summed E-state index contributed by atoms with van der Waals surface area (Å²) in [5, 5.41) is 12.8. The molecule has 6 rings (SSSR count). The number of pyridine rings is 1. The summed E-state index contributed by atoms with van der Waals surface area (Å²) < 4.78 is 32.2. The first-order valence-electron chi connectivity index (χ1n) is 11.9. The Kier molecular flexibility index (Phi) is 5.79. The number of rotatable bonds is 6. The van der Waals surface area contributed by atoms with Gasteiger partial charge in [-0.3, -0.25) is 4.79 Å². The van der Waals surface area contributed by atoms with E-state index >= 15 is 0 Å². The van der Waals surface area contributed by atoms with Crippen molar-refractivity contribution in [3.63, 3.8) is 0 Å². The molecule has 2 aromatic heterocycles. The second-order valence-corrected chi connectivity index (χ2v) is 9.30. The third-order valence-electron chi connectivity index (χ3n) is 7.10. The number of H-pyrrole nitrogens is 1. The van der Waals surface area contributed by atoms with Crippen LogP contribution in [0.2, 0.25) is 0 Å². The number of aromatic amines is 1. The maximum atomic E-state index is 15.0. The molecule has 2 unspecified atom stereocenters. The van der Waals surface area contributed by atoms with Gasteiger partial charge in [-0.15, -0.1) is 0 Å². The number of aliphatic hydroxyl groups excluding tert-OH is 1.